The van der Waals surface area contributed by atoms with E-state index in [1.54, 1.807) is 0 Å². The van der Waals surface area contributed by atoms with Crippen LogP contribution in [0.15, 0.2) is 23.0 Å². The van der Waals surface area contributed by atoms with E-state index < -0.39 is 11.9 Å². The van der Waals surface area contributed by atoms with Crippen LogP contribution in [0.4, 0.5) is 0 Å². The topological polar surface area (TPSA) is 152 Å². The Hall–Kier alpha value is -4.66. The molecule has 0 spiro atoms. The molecule has 0 aromatic carbocycles. The van der Waals surface area contributed by atoms with Crippen molar-refractivity contribution in [3.8, 4) is 0 Å². The van der Waals surface area contributed by atoms with E-state index in [4.69, 9.17) is 4.98 Å². The first-order valence-corrected chi connectivity index (χ1v) is 14.8. The number of hydrogen-bond acceptors (Lipinski definition) is 4. The van der Waals surface area contributed by atoms with Crippen LogP contribution < -0.4 is 5.43 Å². The number of fused-ring (bicyclic) bond motifs is 8. The maximum absolute atomic E-state index is 14.1. The van der Waals surface area contributed by atoms with Gasteiger partial charge in [0.15, 0.2) is 0 Å². The fraction of sp³-hybridized carbons (Fsp3) is 0.353. The highest BCUT2D eigenvalue weighted by atomic mass is 16.4. The molecular weight excluding hydrogens is 544 g/mol. The van der Waals surface area contributed by atoms with Gasteiger partial charge in [0.05, 0.1) is 11.2 Å². The van der Waals surface area contributed by atoms with Gasteiger partial charge in [-0.05, 0) is 116 Å². The normalized spacial score (nSPS) is 12.4. The Bertz CT molecular complexity index is 2020. The second-order valence-electron chi connectivity index (χ2n) is 11.3. The Morgan fingerprint density at radius 3 is 1.79 bits per heavy atom. The first-order chi connectivity index (χ1) is 20.4. The van der Waals surface area contributed by atoms with Crippen molar-refractivity contribution in [1.29, 1.82) is 0 Å². The molecule has 224 valence electrons. The number of aryl methyl sites for hydroxylation is 6. The van der Waals surface area contributed by atoms with Crippen LogP contribution in [-0.4, -0.2) is 42.1 Å². The molecule has 0 fully saturated rings. The van der Waals surface area contributed by atoms with Crippen molar-refractivity contribution < 1.29 is 19.8 Å². The average molecular weight is 583 g/mol. The lowest BCUT2D eigenvalue weighted by molar-refractivity contribution is -0.137. The third kappa shape index (κ3) is 5.35. The van der Waals surface area contributed by atoms with Crippen LogP contribution in [0.5, 0.6) is 0 Å². The first kappa shape index (κ1) is 29.8. The van der Waals surface area contributed by atoms with Crippen LogP contribution in [0.25, 0.3) is 44.2 Å². The number of carboxylic acids is 2. The highest BCUT2D eigenvalue weighted by Crippen LogP contribution is 2.34. The summed E-state index contributed by atoms with van der Waals surface area (Å²) in [4.78, 5) is 52.5. The molecular formula is C34H38N4O5. The number of allylic oxidation sites excluding steroid dienone is 2. The van der Waals surface area contributed by atoms with Crippen molar-refractivity contribution in [2.75, 3.05) is 0 Å². The maximum atomic E-state index is 14.1. The summed E-state index contributed by atoms with van der Waals surface area (Å²) in [5, 5.41) is 18.9. The summed E-state index contributed by atoms with van der Waals surface area (Å²) in [6, 6.07) is 5.97. The van der Waals surface area contributed by atoms with Gasteiger partial charge in [0, 0.05) is 40.4 Å². The Morgan fingerprint density at radius 2 is 1.21 bits per heavy atom. The van der Waals surface area contributed by atoms with E-state index in [9.17, 15) is 24.6 Å². The number of hydrogen-bond donors (Lipinski definition) is 5. The average Bonchev–Trinajstić information content (AvgIpc) is 3.63. The van der Waals surface area contributed by atoms with E-state index in [1.807, 2.05) is 26.8 Å². The molecule has 0 saturated heterocycles. The smallest absolute Gasteiger partial charge is 0.303 e. The van der Waals surface area contributed by atoms with Gasteiger partial charge in [0.2, 0.25) is 5.43 Å². The molecule has 5 rings (SSSR count). The van der Waals surface area contributed by atoms with Crippen LogP contribution in [0.3, 0.4) is 0 Å². The molecule has 0 radical (unpaired) electrons. The fourth-order valence-electron chi connectivity index (χ4n) is 6.40. The van der Waals surface area contributed by atoms with E-state index in [0.717, 1.165) is 62.7 Å². The minimum Gasteiger partial charge on any atom is -0.481 e. The number of nitrogens with zero attached hydrogens (tertiary/aromatic N) is 1. The van der Waals surface area contributed by atoms with Gasteiger partial charge in [-0.1, -0.05) is 13.8 Å². The van der Waals surface area contributed by atoms with Crippen LogP contribution in [0.2, 0.25) is 0 Å². The van der Waals surface area contributed by atoms with E-state index in [0.29, 0.717) is 34.3 Å². The molecule has 1 aliphatic rings. The van der Waals surface area contributed by atoms with Gasteiger partial charge in [-0.2, -0.15) is 0 Å². The number of carboxylic acid groups (broad SMARTS) is 2. The third-order valence-electron chi connectivity index (χ3n) is 8.85. The van der Waals surface area contributed by atoms with Gasteiger partial charge in [-0.15, -0.1) is 0 Å². The van der Waals surface area contributed by atoms with Crippen molar-refractivity contribution in [2.24, 2.45) is 0 Å². The molecule has 0 unspecified atom stereocenters. The Morgan fingerprint density at radius 1 is 0.698 bits per heavy atom. The second-order valence-corrected chi connectivity index (χ2v) is 11.3. The molecule has 0 amide bonds. The Kier molecular flexibility index (Phi) is 8.01. The molecule has 1 aliphatic heterocycles. The molecule has 9 nitrogen and oxygen atoms in total. The zero-order valence-electron chi connectivity index (χ0n) is 25.5. The number of rotatable bonds is 8. The van der Waals surface area contributed by atoms with Crippen LogP contribution in [0.1, 0.15) is 84.8 Å². The summed E-state index contributed by atoms with van der Waals surface area (Å²) in [6.07, 6.45) is 1.92. The molecule has 5 heterocycles. The number of H-pyrrole nitrogens is 3. The van der Waals surface area contributed by atoms with Crippen molar-refractivity contribution in [3.63, 3.8) is 0 Å². The molecule has 4 aromatic heterocycles. The highest BCUT2D eigenvalue weighted by molar-refractivity contribution is 5.94. The van der Waals surface area contributed by atoms with Gasteiger partial charge in [0.1, 0.15) is 5.69 Å². The SMILES string of the molecule is CCc1c(C)c2cc3[nH]c(c(C)c3CC)c(=O)c3nc(cc4[nH]c(cc1[nH]2)c(C)c4CCC(=O)O)C(CCC(=O)O)=C3C. The minimum absolute atomic E-state index is 0.0447. The van der Waals surface area contributed by atoms with Gasteiger partial charge in [-0.25, -0.2) is 4.98 Å². The summed E-state index contributed by atoms with van der Waals surface area (Å²) in [5.41, 5.74) is 12.7. The molecule has 0 aliphatic carbocycles. The van der Waals surface area contributed by atoms with Gasteiger partial charge in [0.25, 0.3) is 0 Å². The lowest BCUT2D eigenvalue weighted by Gasteiger charge is -2.03. The van der Waals surface area contributed by atoms with Crippen molar-refractivity contribution in [2.45, 2.75) is 80.1 Å². The number of aromatic nitrogens is 4. The van der Waals surface area contributed by atoms with Crippen LogP contribution >= 0.6 is 0 Å². The summed E-state index contributed by atoms with van der Waals surface area (Å²) in [5.74, 6) is -1.83. The summed E-state index contributed by atoms with van der Waals surface area (Å²) in [7, 11) is 0. The molecule has 0 saturated carbocycles. The largest absolute Gasteiger partial charge is 0.481 e. The van der Waals surface area contributed by atoms with Gasteiger partial charge < -0.3 is 25.2 Å². The van der Waals surface area contributed by atoms with Crippen molar-refractivity contribution in [3.05, 3.63) is 73.2 Å². The molecule has 9 heteroatoms. The lowest BCUT2D eigenvalue weighted by Crippen LogP contribution is -2.07. The number of aliphatic carboxylic acids is 2. The van der Waals surface area contributed by atoms with E-state index >= 15 is 0 Å². The molecule has 4 aromatic rings. The van der Waals surface area contributed by atoms with Crippen LogP contribution in [0, 0.1) is 20.8 Å². The van der Waals surface area contributed by atoms with E-state index in [2.05, 4.69) is 47.9 Å². The van der Waals surface area contributed by atoms with Crippen LogP contribution in [-0.2, 0) is 28.9 Å². The lowest BCUT2D eigenvalue weighted by atomic mass is 10.00. The van der Waals surface area contributed by atoms with E-state index in [-0.39, 0.29) is 30.4 Å². The predicted octanol–water partition coefficient (Wildman–Crippen LogP) is 6.75. The summed E-state index contributed by atoms with van der Waals surface area (Å²) >= 11 is 0. The van der Waals surface area contributed by atoms with E-state index in [1.165, 1.54) is 5.56 Å². The molecule has 43 heavy (non-hydrogen) atoms. The third-order valence-corrected chi connectivity index (χ3v) is 8.85. The monoisotopic (exact) mass is 582 g/mol. The molecule has 5 N–H and O–H groups in total. The number of nitrogens with one attached hydrogen (secondary N) is 3. The number of aromatic amines is 3. The zero-order valence-corrected chi connectivity index (χ0v) is 25.5. The molecule has 8 bridgehead atoms. The fourth-order valence-corrected chi connectivity index (χ4v) is 6.40. The van der Waals surface area contributed by atoms with Crippen molar-refractivity contribution >= 4 is 56.2 Å². The highest BCUT2D eigenvalue weighted by Gasteiger charge is 2.22. The standard InChI is InChI=1S/C34H38N4O5/c1-7-20-16(3)24-14-27-21(8-2)18(5)32(37-27)34(43)33-19(6)23(10-12-31(41)42)29(38-33)15-28-22(9-11-30(39)40)17(4)25(36-28)13-26(20)35-24/h13-15,35-37H,7-12H2,1-6H3,(H,39,40)(H,41,42). The first-order valence-electron chi connectivity index (χ1n) is 14.8. The number of carbonyl (C=O) groups is 2. The van der Waals surface area contributed by atoms with Gasteiger partial charge in [-0.3, -0.25) is 14.4 Å². The van der Waals surface area contributed by atoms with Gasteiger partial charge >= 0.3 is 11.9 Å². The minimum atomic E-state index is -0.937. The zero-order chi connectivity index (χ0) is 31.2. The summed E-state index contributed by atoms with van der Waals surface area (Å²) in [6.45, 7) is 12.0. The Labute approximate surface area is 249 Å². The second kappa shape index (κ2) is 11.6. The quantitative estimate of drug-likeness (QED) is 0.155. The maximum Gasteiger partial charge on any atom is 0.303 e. The Balaban J connectivity index is 2.00. The molecule has 0 atom stereocenters. The predicted molar refractivity (Wildman–Crippen MR) is 171 cm³/mol. The van der Waals surface area contributed by atoms with Crippen molar-refractivity contribution in [1.82, 2.24) is 19.9 Å². The summed E-state index contributed by atoms with van der Waals surface area (Å²) < 4.78 is 0.